The summed E-state index contributed by atoms with van der Waals surface area (Å²) in [6.45, 7) is 4.77. The summed E-state index contributed by atoms with van der Waals surface area (Å²) in [5.41, 5.74) is 13.7. The van der Waals surface area contributed by atoms with Crippen LogP contribution in [0.5, 0.6) is 0 Å². The van der Waals surface area contributed by atoms with Crippen LogP contribution in [-0.4, -0.2) is 0 Å². The minimum Gasteiger partial charge on any atom is -0.311 e. The second-order valence-electron chi connectivity index (χ2n) is 13.4. The molecule has 0 aliphatic heterocycles. The van der Waals surface area contributed by atoms with Gasteiger partial charge in [0.1, 0.15) is 0 Å². The highest BCUT2D eigenvalue weighted by molar-refractivity contribution is 6.10. The average Bonchev–Trinajstić information content (AvgIpc) is 3.14. The molecule has 8 aromatic carbocycles. The zero-order valence-electron chi connectivity index (χ0n) is 27.2. The van der Waals surface area contributed by atoms with Crippen LogP contribution in [0.4, 0.5) is 17.1 Å². The summed E-state index contributed by atoms with van der Waals surface area (Å²) in [6, 6.07) is 64.3. The van der Waals surface area contributed by atoms with Gasteiger partial charge < -0.3 is 4.90 Å². The van der Waals surface area contributed by atoms with E-state index in [2.05, 4.69) is 195 Å². The largest absolute Gasteiger partial charge is 0.311 e. The molecule has 0 fully saturated rings. The van der Waals surface area contributed by atoms with Crippen LogP contribution < -0.4 is 4.90 Å². The number of anilines is 3. The van der Waals surface area contributed by atoms with E-state index in [0.29, 0.717) is 0 Å². The SMILES string of the molecule is CC1(C)c2cc(-c3ccc(N(c4ccccc4)c4ccccc4)cc3)ccc2-c2c(-c3ccc4ccccc4c3)ccc3cccc1c23. The first-order chi connectivity index (χ1) is 23.6. The van der Waals surface area contributed by atoms with E-state index in [1.54, 1.807) is 0 Å². The molecule has 1 nitrogen and oxygen atoms in total. The van der Waals surface area contributed by atoms with E-state index in [4.69, 9.17) is 0 Å². The van der Waals surface area contributed by atoms with Gasteiger partial charge in [-0.1, -0.05) is 141 Å². The molecule has 8 aromatic rings. The van der Waals surface area contributed by atoms with Crippen molar-refractivity contribution < 1.29 is 0 Å². The van der Waals surface area contributed by atoms with Crippen molar-refractivity contribution >= 4 is 38.6 Å². The first-order valence-corrected chi connectivity index (χ1v) is 16.8. The molecule has 0 heterocycles. The first kappa shape index (κ1) is 28.3. The average molecular weight is 614 g/mol. The molecule has 9 rings (SSSR count). The highest BCUT2D eigenvalue weighted by atomic mass is 15.1. The fourth-order valence-electron chi connectivity index (χ4n) is 7.79. The molecule has 0 radical (unpaired) electrons. The third-order valence-electron chi connectivity index (χ3n) is 10.2. The van der Waals surface area contributed by atoms with E-state index in [0.717, 1.165) is 17.1 Å². The third kappa shape index (κ3) is 4.54. The molecule has 0 spiro atoms. The molecule has 0 atom stereocenters. The summed E-state index contributed by atoms with van der Waals surface area (Å²) in [7, 11) is 0. The number of hydrogen-bond donors (Lipinski definition) is 0. The predicted molar refractivity (Wildman–Crippen MR) is 205 cm³/mol. The number of nitrogens with zero attached hydrogens (tertiary/aromatic N) is 1. The smallest absolute Gasteiger partial charge is 0.0462 e. The fraction of sp³-hybridized carbons (Fsp3) is 0.0638. The van der Waals surface area contributed by atoms with Crippen LogP contribution in [0, 0.1) is 0 Å². The monoisotopic (exact) mass is 613 g/mol. The number of para-hydroxylation sites is 2. The van der Waals surface area contributed by atoms with Gasteiger partial charge in [0, 0.05) is 22.5 Å². The molecular weight excluding hydrogens is 579 g/mol. The normalized spacial score (nSPS) is 13.0. The van der Waals surface area contributed by atoms with Crippen LogP contribution in [0.2, 0.25) is 0 Å². The van der Waals surface area contributed by atoms with Gasteiger partial charge in [0.25, 0.3) is 0 Å². The van der Waals surface area contributed by atoms with Gasteiger partial charge in [-0.2, -0.15) is 0 Å². The lowest BCUT2D eigenvalue weighted by Crippen LogP contribution is -2.24. The van der Waals surface area contributed by atoms with E-state index in [1.165, 1.54) is 66.1 Å². The van der Waals surface area contributed by atoms with Crippen LogP contribution in [0.1, 0.15) is 25.0 Å². The maximum Gasteiger partial charge on any atom is 0.0462 e. The standard InChI is InChI=1S/C47H35N/c1-47(2)43-19-11-14-34-24-28-41(37-21-20-32-12-9-10-13-35(32)30-37)46(45(34)43)42-29-25-36(31-44(42)47)33-22-26-40(27-23-33)48(38-15-5-3-6-16-38)39-17-7-4-8-18-39/h3-31H,1-2H3. The quantitative estimate of drug-likeness (QED) is 0.187. The van der Waals surface area contributed by atoms with Crippen molar-refractivity contribution in [1.82, 2.24) is 0 Å². The van der Waals surface area contributed by atoms with Gasteiger partial charge in [0.15, 0.2) is 0 Å². The first-order valence-electron chi connectivity index (χ1n) is 16.8. The second-order valence-corrected chi connectivity index (χ2v) is 13.4. The summed E-state index contributed by atoms with van der Waals surface area (Å²) in [4.78, 5) is 2.31. The molecule has 0 amide bonds. The molecule has 0 aromatic heterocycles. The Balaban J connectivity index is 1.18. The second kappa shape index (κ2) is 11.1. The van der Waals surface area contributed by atoms with Gasteiger partial charge in [-0.05, 0) is 115 Å². The molecule has 0 saturated carbocycles. The molecule has 228 valence electrons. The maximum atomic E-state index is 2.44. The Morgan fingerprint density at radius 1 is 0.375 bits per heavy atom. The van der Waals surface area contributed by atoms with E-state index < -0.39 is 0 Å². The predicted octanol–water partition coefficient (Wildman–Crippen LogP) is 13.1. The lowest BCUT2D eigenvalue weighted by atomic mass is 9.67. The molecule has 1 aliphatic carbocycles. The van der Waals surface area contributed by atoms with Crippen LogP contribution in [-0.2, 0) is 5.41 Å². The molecule has 0 N–H and O–H groups in total. The minimum absolute atomic E-state index is 0.156. The van der Waals surface area contributed by atoms with Crippen LogP contribution in [0.15, 0.2) is 176 Å². The highest BCUT2D eigenvalue weighted by Gasteiger charge is 2.35. The molecular formula is C47H35N. The van der Waals surface area contributed by atoms with E-state index >= 15 is 0 Å². The number of benzene rings is 8. The molecule has 1 heteroatoms. The zero-order chi connectivity index (χ0) is 32.2. The summed E-state index contributed by atoms with van der Waals surface area (Å²) in [5, 5.41) is 5.21. The van der Waals surface area contributed by atoms with Gasteiger partial charge in [0.2, 0.25) is 0 Å². The highest BCUT2D eigenvalue weighted by Crippen LogP contribution is 2.52. The topological polar surface area (TPSA) is 3.24 Å². The van der Waals surface area contributed by atoms with Crippen LogP contribution >= 0.6 is 0 Å². The lowest BCUT2D eigenvalue weighted by molar-refractivity contribution is 0.645. The number of rotatable bonds is 5. The number of fused-ring (bicyclic) bond motifs is 3. The van der Waals surface area contributed by atoms with Crippen molar-refractivity contribution in [2.75, 3.05) is 4.90 Å². The Hall–Kier alpha value is -5.92. The fourth-order valence-corrected chi connectivity index (χ4v) is 7.79. The Labute approximate surface area is 282 Å². The zero-order valence-corrected chi connectivity index (χ0v) is 27.2. The van der Waals surface area contributed by atoms with Crippen molar-refractivity contribution in [3.8, 4) is 33.4 Å². The van der Waals surface area contributed by atoms with Crippen LogP contribution in [0.25, 0.3) is 54.9 Å². The van der Waals surface area contributed by atoms with E-state index in [-0.39, 0.29) is 5.41 Å². The van der Waals surface area contributed by atoms with Crippen molar-refractivity contribution in [3.63, 3.8) is 0 Å². The molecule has 0 bridgehead atoms. The minimum atomic E-state index is -0.156. The van der Waals surface area contributed by atoms with Crippen molar-refractivity contribution in [1.29, 1.82) is 0 Å². The van der Waals surface area contributed by atoms with Crippen molar-refractivity contribution in [3.05, 3.63) is 187 Å². The summed E-state index contributed by atoms with van der Waals surface area (Å²) < 4.78 is 0. The van der Waals surface area contributed by atoms with Crippen molar-refractivity contribution in [2.45, 2.75) is 19.3 Å². The summed E-state index contributed by atoms with van der Waals surface area (Å²) in [5.74, 6) is 0. The molecule has 0 saturated heterocycles. The van der Waals surface area contributed by atoms with Crippen molar-refractivity contribution in [2.24, 2.45) is 0 Å². The Morgan fingerprint density at radius 3 is 1.67 bits per heavy atom. The Morgan fingerprint density at radius 2 is 0.938 bits per heavy atom. The summed E-state index contributed by atoms with van der Waals surface area (Å²) >= 11 is 0. The van der Waals surface area contributed by atoms with Gasteiger partial charge in [0.05, 0.1) is 0 Å². The van der Waals surface area contributed by atoms with Gasteiger partial charge >= 0.3 is 0 Å². The number of hydrogen-bond acceptors (Lipinski definition) is 1. The third-order valence-corrected chi connectivity index (χ3v) is 10.2. The van der Waals surface area contributed by atoms with Gasteiger partial charge in [-0.25, -0.2) is 0 Å². The molecule has 0 unspecified atom stereocenters. The van der Waals surface area contributed by atoms with E-state index in [1.807, 2.05) is 0 Å². The van der Waals surface area contributed by atoms with E-state index in [9.17, 15) is 0 Å². The summed E-state index contributed by atoms with van der Waals surface area (Å²) in [6.07, 6.45) is 0. The molecule has 48 heavy (non-hydrogen) atoms. The molecule has 1 aliphatic rings. The Kier molecular flexibility index (Phi) is 6.55. The Bertz CT molecular complexity index is 2420. The van der Waals surface area contributed by atoms with Crippen LogP contribution in [0.3, 0.4) is 0 Å². The maximum absolute atomic E-state index is 2.44. The van der Waals surface area contributed by atoms with Gasteiger partial charge in [-0.15, -0.1) is 0 Å². The van der Waals surface area contributed by atoms with Gasteiger partial charge in [-0.3, -0.25) is 0 Å². The lowest BCUT2D eigenvalue weighted by Gasteiger charge is -2.36.